The number of benzene rings is 2. The fourth-order valence-electron chi connectivity index (χ4n) is 3.74. The maximum absolute atomic E-state index is 13.2. The first-order valence-corrected chi connectivity index (χ1v) is 10.3. The maximum Gasteiger partial charge on any atom is 0.227 e. The molecule has 154 valence electrons. The van der Waals surface area contributed by atoms with Gasteiger partial charge in [-0.15, -0.1) is 0 Å². The molecule has 0 spiro atoms. The van der Waals surface area contributed by atoms with Crippen LogP contribution in [0, 0.1) is 11.7 Å². The standard InChI is InChI=1S/C24H25FN4O/c1-2-17-3-9-21(10-4-17)28-24(30)19-11-13-29(14-12-19)23-15-22(26-16-27-23)18-5-7-20(25)8-6-18/h3-10,15-16,19H,2,11-14H2,1H3,(H,28,30). The van der Waals surface area contributed by atoms with E-state index in [1.807, 2.05) is 30.3 Å². The van der Waals surface area contributed by atoms with Gasteiger partial charge in [-0.3, -0.25) is 4.79 Å². The molecule has 5 nitrogen and oxygen atoms in total. The average Bonchev–Trinajstić information content (AvgIpc) is 2.80. The molecule has 1 fully saturated rings. The Bertz CT molecular complexity index is 996. The van der Waals surface area contributed by atoms with Gasteiger partial charge in [0.25, 0.3) is 0 Å². The largest absolute Gasteiger partial charge is 0.356 e. The van der Waals surface area contributed by atoms with E-state index in [4.69, 9.17) is 0 Å². The van der Waals surface area contributed by atoms with E-state index < -0.39 is 0 Å². The van der Waals surface area contributed by atoms with Crippen LogP contribution in [-0.4, -0.2) is 29.0 Å². The Morgan fingerprint density at radius 3 is 2.43 bits per heavy atom. The second kappa shape index (κ2) is 9.03. The molecule has 1 aliphatic rings. The van der Waals surface area contributed by atoms with Crippen LogP contribution in [0.4, 0.5) is 15.9 Å². The molecule has 0 saturated carbocycles. The summed E-state index contributed by atoms with van der Waals surface area (Å²) in [6.07, 6.45) is 4.06. The van der Waals surface area contributed by atoms with E-state index in [0.29, 0.717) is 0 Å². The molecule has 0 bridgehead atoms. The number of hydrogen-bond acceptors (Lipinski definition) is 4. The van der Waals surface area contributed by atoms with Gasteiger partial charge < -0.3 is 10.2 Å². The van der Waals surface area contributed by atoms with Gasteiger partial charge >= 0.3 is 0 Å². The molecule has 6 heteroatoms. The zero-order valence-electron chi connectivity index (χ0n) is 17.0. The monoisotopic (exact) mass is 404 g/mol. The van der Waals surface area contributed by atoms with Crippen molar-refractivity contribution in [2.75, 3.05) is 23.3 Å². The van der Waals surface area contributed by atoms with Crippen molar-refractivity contribution in [3.05, 3.63) is 72.3 Å². The fraction of sp³-hybridized carbons (Fsp3) is 0.292. The minimum atomic E-state index is -0.269. The van der Waals surface area contributed by atoms with Crippen molar-refractivity contribution in [2.45, 2.75) is 26.2 Å². The van der Waals surface area contributed by atoms with Crippen LogP contribution in [0.25, 0.3) is 11.3 Å². The number of halogens is 1. The van der Waals surface area contributed by atoms with E-state index in [0.717, 1.165) is 55.1 Å². The van der Waals surface area contributed by atoms with Gasteiger partial charge in [-0.05, 0) is 61.2 Å². The summed E-state index contributed by atoms with van der Waals surface area (Å²) >= 11 is 0. The molecule has 30 heavy (non-hydrogen) atoms. The first-order chi connectivity index (χ1) is 14.6. The van der Waals surface area contributed by atoms with E-state index in [9.17, 15) is 9.18 Å². The number of nitrogens with zero attached hydrogens (tertiary/aromatic N) is 3. The molecular weight excluding hydrogens is 379 g/mol. The number of carbonyl (C=O) groups excluding carboxylic acids is 1. The fourth-order valence-corrected chi connectivity index (χ4v) is 3.74. The molecule has 1 saturated heterocycles. The number of aromatic nitrogens is 2. The van der Waals surface area contributed by atoms with Gasteiger partial charge in [0.05, 0.1) is 5.69 Å². The third-order valence-electron chi connectivity index (χ3n) is 5.61. The third kappa shape index (κ3) is 4.64. The molecule has 0 aliphatic carbocycles. The summed E-state index contributed by atoms with van der Waals surface area (Å²) < 4.78 is 13.2. The second-order valence-corrected chi connectivity index (χ2v) is 7.57. The summed E-state index contributed by atoms with van der Waals surface area (Å²) in [4.78, 5) is 23.5. The lowest BCUT2D eigenvalue weighted by Gasteiger charge is -2.32. The first-order valence-electron chi connectivity index (χ1n) is 10.3. The van der Waals surface area contributed by atoms with Gasteiger partial charge in [0.15, 0.2) is 0 Å². The van der Waals surface area contributed by atoms with Gasteiger partial charge in [0.1, 0.15) is 18.0 Å². The van der Waals surface area contributed by atoms with Crippen LogP contribution in [0.3, 0.4) is 0 Å². The molecule has 1 N–H and O–H groups in total. The summed E-state index contributed by atoms with van der Waals surface area (Å²) in [7, 11) is 0. The van der Waals surface area contributed by atoms with Gasteiger partial charge in [-0.2, -0.15) is 0 Å². The quantitative estimate of drug-likeness (QED) is 0.670. The molecule has 1 amide bonds. The number of anilines is 2. The lowest BCUT2D eigenvalue weighted by Crippen LogP contribution is -2.38. The van der Waals surface area contributed by atoms with Crippen molar-refractivity contribution in [2.24, 2.45) is 5.92 Å². The van der Waals surface area contributed by atoms with Crippen molar-refractivity contribution >= 4 is 17.4 Å². The molecule has 4 rings (SSSR count). The number of nitrogens with one attached hydrogen (secondary N) is 1. The van der Waals surface area contributed by atoms with E-state index in [-0.39, 0.29) is 17.6 Å². The summed E-state index contributed by atoms with van der Waals surface area (Å²) in [6.45, 7) is 3.63. The highest BCUT2D eigenvalue weighted by molar-refractivity contribution is 5.92. The molecule has 0 radical (unpaired) electrons. The van der Waals surface area contributed by atoms with Crippen molar-refractivity contribution in [1.29, 1.82) is 0 Å². The van der Waals surface area contributed by atoms with Crippen LogP contribution < -0.4 is 10.2 Å². The normalized spacial score (nSPS) is 14.5. The SMILES string of the molecule is CCc1ccc(NC(=O)C2CCN(c3cc(-c4ccc(F)cc4)ncn3)CC2)cc1. The Morgan fingerprint density at radius 2 is 1.77 bits per heavy atom. The van der Waals surface area contributed by atoms with E-state index in [1.165, 1.54) is 24.0 Å². The van der Waals surface area contributed by atoms with Crippen LogP contribution in [0.15, 0.2) is 60.9 Å². The highest BCUT2D eigenvalue weighted by Crippen LogP contribution is 2.26. The highest BCUT2D eigenvalue weighted by Gasteiger charge is 2.26. The van der Waals surface area contributed by atoms with Crippen molar-refractivity contribution in [3.8, 4) is 11.3 Å². The van der Waals surface area contributed by atoms with Gasteiger partial charge in [0.2, 0.25) is 5.91 Å². The lowest BCUT2D eigenvalue weighted by molar-refractivity contribution is -0.120. The van der Waals surface area contributed by atoms with Crippen LogP contribution in [-0.2, 0) is 11.2 Å². The molecule has 1 aliphatic heterocycles. The zero-order chi connectivity index (χ0) is 20.9. The summed E-state index contributed by atoms with van der Waals surface area (Å²) in [5.41, 5.74) is 3.71. The molecule has 1 aromatic heterocycles. The number of carbonyl (C=O) groups is 1. The van der Waals surface area contributed by atoms with Gasteiger partial charge in [-0.1, -0.05) is 19.1 Å². The Kier molecular flexibility index (Phi) is 6.02. The lowest BCUT2D eigenvalue weighted by atomic mass is 9.95. The average molecular weight is 404 g/mol. The molecule has 0 unspecified atom stereocenters. The Hall–Kier alpha value is -3.28. The van der Waals surface area contributed by atoms with Gasteiger partial charge in [-0.25, -0.2) is 14.4 Å². The predicted molar refractivity (Wildman–Crippen MR) is 117 cm³/mol. The van der Waals surface area contributed by atoms with E-state index >= 15 is 0 Å². The van der Waals surface area contributed by atoms with Gasteiger partial charge in [0, 0.05) is 36.3 Å². The zero-order valence-corrected chi connectivity index (χ0v) is 17.0. The van der Waals surface area contributed by atoms with Crippen LogP contribution in [0.2, 0.25) is 0 Å². The summed E-state index contributed by atoms with van der Waals surface area (Å²) in [6, 6.07) is 16.2. The minimum absolute atomic E-state index is 0.00879. The smallest absolute Gasteiger partial charge is 0.227 e. The van der Waals surface area contributed by atoms with Crippen LogP contribution in [0.5, 0.6) is 0 Å². The number of aryl methyl sites for hydroxylation is 1. The number of amides is 1. The summed E-state index contributed by atoms with van der Waals surface area (Å²) in [5, 5.41) is 3.04. The first kappa shape index (κ1) is 20.0. The topological polar surface area (TPSA) is 58.1 Å². The number of hydrogen-bond donors (Lipinski definition) is 1. The van der Waals surface area contributed by atoms with E-state index in [2.05, 4.69) is 27.1 Å². The molecule has 2 aromatic carbocycles. The number of piperidine rings is 1. The molecular formula is C24H25FN4O. The number of rotatable bonds is 5. The second-order valence-electron chi connectivity index (χ2n) is 7.57. The Balaban J connectivity index is 1.36. The molecule has 0 atom stereocenters. The Labute approximate surface area is 176 Å². The van der Waals surface area contributed by atoms with Crippen molar-refractivity contribution < 1.29 is 9.18 Å². The molecule has 3 aromatic rings. The maximum atomic E-state index is 13.2. The highest BCUT2D eigenvalue weighted by atomic mass is 19.1. The minimum Gasteiger partial charge on any atom is -0.356 e. The van der Waals surface area contributed by atoms with E-state index in [1.54, 1.807) is 12.1 Å². The third-order valence-corrected chi connectivity index (χ3v) is 5.61. The Morgan fingerprint density at radius 1 is 1.07 bits per heavy atom. The van der Waals surface area contributed by atoms with Crippen LogP contribution >= 0.6 is 0 Å². The summed E-state index contributed by atoms with van der Waals surface area (Å²) in [5.74, 6) is 0.632. The van der Waals surface area contributed by atoms with Crippen molar-refractivity contribution in [1.82, 2.24) is 9.97 Å². The van der Waals surface area contributed by atoms with Crippen LogP contribution in [0.1, 0.15) is 25.3 Å². The molecule has 2 heterocycles. The van der Waals surface area contributed by atoms with Crippen molar-refractivity contribution in [3.63, 3.8) is 0 Å². The predicted octanol–water partition coefficient (Wildman–Crippen LogP) is 4.70.